The zero-order valence-electron chi connectivity index (χ0n) is 18.1. The fourth-order valence-electron chi connectivity index (χ4n) is 3.93. The minimum atomic E-state index is 0.553. The average molecular weight is 442 g/mol. The number of para-hydroxylation sites is 1. The van der Waals surface area contributed by atoms with Gasteiger partial charge in [-0.3, -0.25) is 9.69 Å². The van der Waals surface area contributed by atoms with Crippen molar-refractivity contribution in [3.63, 3.8) is 0 Å². The maximum absolute atomic E-state index is 10.8. The van der Waals surface area contributed by atoms with Gasteiger partial charge in [-0.05, 0) is 43.9 Å². The van der Waals surface area contributed by atoms with Crippen LogP contribution in [0, 0.1) is 5.92 Å². The molecule has 1 N–H and O–H groups in total. The Hall–Kier alpha value is -1.76. The molecule has 4 nitrogen and oxygen atoms in total. The molecule has 0 saturated heterocycles. The van der Waals surface area contributed by atoms with E-state index in [2.05, 4.69) is 49.2 Å². The molecule has 1 saturated carbocycles. The standard InChI is InChI=1S/C19H21N3OS2.C5H10/c1-12(2)22-8-7-13-17(10-22)24-16(9-20-11-23)18(13)19-21-14-5-3-4-6-15(14)25-19;1-2-5-3-4-5/h3-6,11-12H,7-10H2,1-2H3,(H,20,23);5H,2-4H2,1H3. The molecule has 1 aliphatic carbocycles. The number of amides is 1. The number of hydrogen-bond donors (Lipinski definition) is 1. The Kier molecular flexibility index (Phi) is 6.86. The number of aromatic nitrogens is 1. The van der Waals surface area contributed by atoms with Gasteiger partial charge in [-0.25, -0.2) is 4.98 Å². The lowest BCUT2D eigenvalue weighted by Gasteiger charge is -2.30. The van der Waals surface area contributed by atoms with Crippen molar-refractivity contribution in [1.82, 2.24) is 15.2 Å². The van der Waals surface area contributed by atoms with Crippen LogP contribution in [-0.2, 0) is 24.3 Å². The normalized spacial score (nSPS) is 16.3. The number of carbonyl (C=O) groups is 1. The molecule has 3 aromatic rings. The third kappa shape index (κ3) is 4.76. The maximum Gasteiger partial charge on any atom is 0.207 e. The van der Waals surface area contributed by atoms with Crippen molar-refractivity contribution < 1.29 is 4.79 Å². The summed E-state index contributed by atoms with van der Waals surface area (Å²) in [4.78, 5) is 20.9. The lowest BCUT2D eigenvalue weighted by Crippen LogP contribution is -2.35. The van der Waals surface area contributed by atoms with E-state index in [9.17, 15) is 4.79 Å². The predicted octanol–water partition coefficient (Wildman–Crippen LogP) is 5.84. The summed E-state index contributed by atoms with van der Waals surface area (Å²) < 4.78 is 1.21. The third-order valence-corrected chi connectivity index (χ3v) is 8.29. The van der Waals surface area contributed by atoms with E-state index in [1.54, 1.807) is 11.3 Å². The van der Waals surface area contributed by atoms with Crippen molar-refractivity contribution >= 4 is 39.3 Å². The lowest BCUT2D eigenvalue weighted by atomic mass is 10.0. The second-order valence-electron chi connectivity index (χ2n) is 8.45. The van der Waals surface area contributed by atoms with Crippen LogP contribution in [0.1, 0.15) is 55.4 Å². The minimum Gasteiger partial charge on any atom is -0.354 e. The highest BCUT2D eigenvalue weighted by Gasteiger charge is 2.27. The molecule has 1 amide bonds. The van der Waals surface area contributed by atoms with Gasteiger partial charge in [0.25, 0.3) is 0 Å². The molecule has 1 fully saturated rings. The van der Waals surface area contributed by atoms with Gasteiger partial charge >= 0.3 is 0 Å². The van der Waals surface area contributed by atoms with Gasteiger partial charge in [-0.15, -0.1) is 22.7 Å². The fourth-order valence-corrected chi connectivity index (χ4v) is 6.40. The van der Waals surface area contributed by atoms with Gasteiger partial charge in [0.2, 0.25) is 6.41 Å². The van der Waals surface area contributed by atoms with Gasteiger partial charge < -0.3 is 5.32 Å². The molecule has 160 valence electrons. The number of thiophene rings is 1. The molecule has 0 atom stereocenters. The van der Waals surface area contributed by atoms with Crippen molar-refractivity contribution in [3.05, 3.63) is 39.6 Å². The summed E-state index contributed by atoms with van der Waals surface area (Å²) in [5.41, 5.74) is 3.75. The molecule has 2 aliphatic rings. The van der Waals surface area contributed by atoms with Crippen molar-refractivity contribution in [1.29, 1.82) is 0 Å². The topological polar surface area (TPSA) is 45.2 Å². The molecule has 0 spiro atoms. The minimum absolute atomic E-state index is 0.553. The zero-order chi connectivity index (χ0) is 21.1. The summed E-state index contributed by atoms with van der Waals surface area (Å²) in [6, 6.07) is 8.84. The van der Waals surface area contributed by atoms with E-state index in [4.69, 9.17) is 4.98 Å². The van der Waals surface area contributed by atoms with Crippen LogP contribution in [0.4, 0.5) is 0 Å². The maximum atomic E-state index is 10.8. The van der Waals surface area contributed by atoms with Gasteiger partial charge in [0.15, 0.2) is 0 Å². The van der Waals surface area contributed by atoms with Gasteiger partial charge in [-0.2, -0.15) is 0 Å². The van der Waals surface area contributed by atoms with E-state index in [-0.39, 0.29) is 0 Å². The van der Waals surface area contributed by atoms with Crippen LogP contribution in [-0.4, -0.2) is 28.9 Å². The number of fused-ring (bicyclic) bond motifs is 2. The molecule has 30 heavy (non-hydrogen) atoms. The Balaban J connectivity index is 0.000000383. The van der Waals surface area contributed by atoms with Crippen molar-refractivity contribution in [2.75, 3.05) is 6.54 Å². The zero-order valence-corrected chi connectivity index (χ0v) is 19.7. The van der Waals surface area contributed by atoms with Crippen LogP contribution in [0.2, 0.25) is 0 Å². The molecule has 0 radical (unpaired) electrons. The first-order valence-corrected chi connectivity index (χ1v) is 12.6. The highest BCUT2D eigenvalue weighted by Crippen LogP contribution is 2.42. The smallest absolute Gasteiger partial charge is 0.207 e. The fraction of sp³-hybridized carbons (Fsp3) is 0.500. The van der Waals surface area contributed by atoms with E-state index in [0.717, 1.165) is 42.4 Å². The van der Waals surface area contributed by atoms with Gasteiger partial charge in [0.1, 0.15) is 5.01 Å². The van der Waals surface area contributed by atoms with E-state index in [0.29, 0.717) is 12.6 Å². The Bertz CT molecular complexity index is 970. The third-order valence-electron chi connectivity index (χ3n) is 6.02. The number of nitrogens with zero attached hydrogens (tertiary/aromatic N) is 2. The second kappa shape index (κ2) is 9.58. The first-order valence-electron chi connectivity index (χ1n) is 11.0. The highest BCUT2D eigenvalue weighted by molar-refractivity contribution is 7.22. The molecule has 1 aliphatic heterocycles. The van der Waals surface area contributed by atoms with Crippen LogP contribution in [0.5, 0.6) is 0 Å². The summed E-state index contributed by atoms with van der Waals surface area (Å²) in [6.45, 7) is 9.42. The summed E-state index contributed by atoms with van der Waals surface area (Å²) >= 11 is 3.58. The molecular formula is C24H31N3OS2. The molecule has 1 aromatic carbocycles. The van der Waals surface area contributed by atoms with Gasteiger partial charge in [0.05, 0.1) is 16.8 Å². The molecule has 0 unspecified atom stereocenters. The summed E-state index contributed by atoms with van der Waals surface area (Å²) in [6.07, 6.45) is 6.27. The lowest BCUT2D eigenvalue weighted by molar-refractivity contribution is -0.109. The van der Waals surface area contributed by atoms with E-state index >= 15 is 0 Å². The first kappa shape index (κ1) is 21.5. The quantitative estimate of drug-likeness (QED) is 0.489. The molecule has 5 rings (SSSR count). The SMILES string of the molecule is CC(C)N1CCc2c(sc(CNC=O)c2-c2nc3ccccc3s2)C1.CCC1CC1. The molecule has 6 heteroatoms. The summed E-state index contributed by atoms with van der Waals surface area (Å²) in [5.74, 6) is 1.13. The monoisotopic (exact) mass is 441 g/mol. The summed E-state index contributed by atoms with van der Waals surface area (Å²) in [7, 11) is 0. The van der Waals surface area contributed by atoms with Crippen LogP contribution < -0.4 is 5.32 Å². The summed E-state index contributed by atoms with van der Waals surface area (Å²) in [5, 5.41) is 3.93. The van der Waals surface area contributed by atoms with Crippen LogP contribution in [0.15, 0.2) is 24.3 Å². The van der Waals surface area contributed by atoms with Gasteiger partial charge in [-0.1, -0.05) is 38.3 Å². The van der Waals surface area contributed by atoms with Crippen molar-refractivity contribution in [2.24, 2.45) is 5.92 Å². The number of rotatable bonds is 6. The van der Waals surface area contributed by atoms with E-state index in [1.165, 1.54) is 44.8 Å². The van der Waals surface area contributed by atoms with E-state index in [1.807, 2.05) is 17.4 Å². The molecule has 3 heterocycles. The Morgan fingerprint density at radius 2 is 2.07 bits per heavy atom. The predicted molar refractivity (Wildman–Crippen MR) is 128 cm³/mol. The van der Waals surface area contributed by atoms with Crippen molar-refractivity contribution in [3.8, 4) is 10.6 Å². The Morgan fingerprint density at radius 1 is 1.27 bits per heavy atom. The molecule has 0 bridgehead atoms. The van der Waals surface area contributed by atoms with Crippen molar-refractivity contribution in [2.45, 2.75) is 65.6 Å². The van der Waals surface area contributed by atoms with Crippen LogP contribution >= 0.6 is 22.7 Å². The number of thiazole rings is 1. The van der Waals surface area contributed by atoms with Crippen LogP contribution in [0.25, 0.3) is 20.8 Å². The first-order chi connectivity index (χ1) is 14.6. The Labute approximate surface area is 187 Å². The highest BCUT2D eigenvalue weighted by atomic mass is 32.1. The number of hydrogen-bond acceptors (Lipinski definition) is 5. The number of nitrogens with one attached hydrogen (secondary N) is 1. The molecular weight excluding hydrogens is 410 g/mol. The largest absolute Gasteiger partial charge is 0.354 e. The van der Waals surface area contributed by atoms with Gasteiger partial charge in [0, 0.05) is 34.4 Å². The van der Waals surface area contributed by atoms with Crippen LogP contribution in [0.3, 0.4) is 0 Å². The number of benzene rings is 1. The molecule has 2 aromatic heterocycles. The van der Waals surface area contributed by atoms with E-state index < -0.39 is 0 Å². The average Bonchev–Trinajstić information content (AvgIpc) is 3.39. The number of carbonyl (C=O) groups excluding carboxylic acids is 1. The second-order valence-corrected chi connectivity index (χ2v) is 10.7. The Morgan fingerprint density at radius 3 is 2.70 bits per heavy atom.